The second kappa shape index (κ2) is 9.48. The third-order valence-electron chi connectivity index (χ3n) is 3.51. The molecule has 0 atom stereocenters. The number of thiocarbonyl (C=S) groups is 1. The van der Waals surface area contributed by atoms with Gasteiger partial charge in [0, 0.05) is 5.69 Å². The van der Waals surface area contributed by atoms with Crippen molar-refractivity contribution in [2.45, 2.75) is 13.3 Å². The lowest BCUT2D eigenvalue weighted by Gasteiger charge is -2.15. The molecule has 2 aromatic carbocycles. The van der Waals surface area contributed by atoms with Crippen LogP contribution in [0.1, 0.15) is 12.5 Å². The van der Waals surface area contributed by atoms with Crippen LogP contribution in [0.2, 0.25) is 0 Å². The van der Waals surface area contributed by atoms with Crippen molar-refractivity contribution < 1.29 is 9.53 Å². The summed E-state index contributed by atoms with van der Waals surface area (Å²) in [6, 6.07) is 15.3. The summed E-state index contributed by atoms with van der Waals surface area (Å²) < 4.78 is 5.22. The number of rotatable bonds is 6. The molecule has 0 saturated carbocycles. The molecule has 2 rings (SSSR count). The first-order valence-corrected chi connectivity index (χ1v) is 8.35. The molecule has 1 amide bonds. The normalized spacial score (nSPS) is 9.84. The van der Waals surface area contributed by atoms with Crippen LogP contribution in [0.25, 0.3) is 0 Å². The van der Waals surface area contributed by atoms with Crippen LogP contribution in [0.3, 0.4) is 0 Å². The molecule has 0 spiro atoms. The van der Waals surface area contributed by atoms with Gasteiger partial charge in [0.25, 0.3) is 5.91 Å². The number of hydrogen-bond acceptors (Lipinski definition) is 4. The monoisotopic (exact) mass is 358 g/mol. The van der Waals surface area contributed by atoms with E-state index in [1.807, 2.05) is 48.5 Å². The highest BCUT2D eigenvalue weighted by Crippen LogP contribution is 2.22. The summed E-state index contributed by atoms with van der Waals surface area (Å²) in [5.41, 5.74) is 8.07. The topological polar surface area (TPSA) is 74.4 Å². The van der Waals surface area contributed by atoms with Crippen molar-refractivity contribution in [1.82, 2.24) is 10.9 Å². The van der Waals surface area contributed by atoms with Gasteiger partial charge in [-0.2, -0.15) is 0 Å². The zero-order valence-corrected chi connectivity index (χ0v) is 15.1. The van der Waals surface area contributed by atoms with Gasteiger partial charge in [-0.25, -0.2) is 0 Å². The van der Waals surface area contributed by atoms with E-state index in [4.69, 9.17) is 17.0 Å². The molecule has 6 nitrogen and oxygen atoms in total. The van der Waals surface area contributed by atoms with E-state index in [0.717, 1.165) is 23.4 Å². The fourth-order valence-electron chi connectivity index (χ4n) is 2.24. The molecule has 0 aliphatic heterocycles. The summed E-state index contributed by atoms with van der Waals surface area (Å²) in [7, 11) is 1.58. The molecule has 0 unspecified atom stereocenters. The van der Waals surface area contributed by atoms with Crippen molar-refractivity contribution >= 4 is 34.6 Å². The Labute approximate surface area is 152 Å². The summed E-state index contributed by atoms with van der Waals surface area (Å²) in [5, 5.41) is 6.41. The number of benzene rings is 2. The van der Waals surface area contributed by atoms with Gasteiger partial charge in [0.15, 0.2) is 5.11 Å². The van der Waals surface area contributed by atoms with Crippen molar-refractivity contribution in [3.05, 3.63) is 54.1 Å². The Morgan fingerprint density at radius 1 is 1.04 bits per heavy atom. The van der Waals surface area contributed by atoms with Gasteiger partial charge in [0.1, 0.15) is 5.75 Å². The molecule has 0 bridgehead atoms. The largest absolute Gasteiger partial charge is 0.495 e. The minimum Gasteiger partial charge on any atom is -0.495 e. The van der Waals surface area contributed by atoms with E-state index in [0.29, 0.717) is 10.9 Å². The number of carbonyl (C=O) groups is 1. The maximum absolute atomic E-state index is 11.9. The summed E-state index contributed by atoms with van der Waals surface area (Å²) in [6.45, 7) is 2.16. The lowest BCUT2D eigenvalue weighted by atomic mass is 10.1. The molecule has 132 valence electrons. The number of hydrogen-bond donors (Lipinski definition) is 4. The zero-order valence-electron chi connectivity index (χ0n) is 14.3. The Bertz CT molecular complexity index is 737. The molecule has 25 heavy (non-hydrogen) atoms. The van der Waals surface area contributed by atoms with Gasteiger partial charge in [-0.3, -0.25) is 15.6 Å². The van der Waals surface area contributed by atoms with Crippen LogP contribution in [-0.2, 0) is 11.2 Å². The Morgan fingerprint density at radius 2 is 1.72 bits per heavy atom. The van der Waals surface area contributed by atoms with Gasteiger partial charge < -0.3 is 15.4 Å². The second-order valence-electron chi connectivity index (χ2n) is 5.19. The quantitative estimate of drug-likeness (QED) is 0.470. The first-order chi connectivity index (χ1) is 12.1. The van der Waals surface area contributed by atoms with Crippen molar-refractivity contribution in [3.8, 4) is 5.75 Å². The molecule has 0 fully saturated rings. The van der Waals surface area contributed by atoms with Gasteiger partial charge in [-0.05, 0) is 42.4 Å². The Kier molecular flexibility index (Phi) is 7.03. The van der Waals surface area contributed by atoms with E-state index in [1.54, 1.807) is 7.11 Å². The number of hydrazine groups is 1. The molecule has 7 heteroatoms. The summed E-state index contributed by atoms with van der Waals surface area (Å²) in [4.78, 5) is 11.9. The van der Waals surface area contributed by atoms with Crippen LogP contribution in [0.4, 0.5) is 11.4 Å². The van der Waals surface area contributed by atoms with Gasteiger partial charge in [0.05, 0.1) is 19.3 Å². The van der Waals surface area contributed by atoms with Crippen LogP contribution in [0.5, 0.6) is 5.75 Å². The third-order valence-corrected chi connectivity index (χ3v) is 3.71. The van der Waals surface area contributed by atoms with Gasteiger partial charge in [-0.1, -0.05) is 37.3 Å². The highest BCUT2D eigenvalue weighted by molar-refractivity contribution is 7.80. The van der Waals surface area contributed by atoms with Gasteiger partial charge in [0.2, 0.25) is 0 Å². The fourth-order valence-corrected chi connectivity index (χ4v) is 2.40. The standard InChI is InChI=1S/C18H22N4O2S/c1-3-13-8-4-5-9-14(13)20-18(25)22-21-17(23)12-19-15-10-6-7-11-16(15)24-2/h4-11,19H,3,12H2,1-2H3,(H,21,23)(H2,20,22,25). The van der Waals surface area contributed by atoms with Gasteiger partial charge >= 0.3 is 0 Å². The predicted molar refractivity (Wildman–Crippen MR) is 105 cm³/mol. The fraction of sp³-hybridized carbons (Fsp3) is 0.222. The number of para-hydroxylation sites is 3. The van der Waals surface area contributed by atoms with Crippen LogP contribution >= 0.6 is 12.2 Å². The number of carbonyl (C=O) groups excluding carboxylic acids is 1. The van der Waals surface area contributed by atoms with E-state index in [9.17, 15) is 4.79 Å². The van der Waals surface area contributed by atoms with E-state index >= 15 is 0 Å². The summed E-state index contributed by atoms with van der Waals surface area (Å²) in [5.74, 6) is 0.426. The second-order valence-corrected chi connectivity index (χ2v) is 5.60. The molecule has 4 N–H and O–H groups in total. The molecule has 0 aliphatic carbocycles. The van der Waals surface area contributed by atoms with E-state index < -0.39 is 0 Å². The number of methoxy groups -OCH3 is 1. The van der Waals surface area contributed by atoms with Crippen molar-refractivity contribution in [1.29, 1.82) is 0 Å². The first kappa shape index (κ1) is 18.5. The minimum absolute atomic E-state index is 0.0849. The molecule has 2 aromatic rings. The summed E-state index contributed by atoms with van der Waals surface area (Å²) in [6.07, 6.45) is 0.890. The Balaban J connectivity index is 1.78. The van der Waals surface area contributed by atoms with E-state index in [-0.39, 0.29) is 12.5 Å². The number of aryl methyl sites for hydroxylation is 1. The third kappa shape index (κ3) is 5.65. The average molecular weight is 358 g/mol. The molecular formula is C18H22N4O2S. The lowest BCUT2D eigenvalue weighted by molar-refractivity contribution is -0.119. The number of amides is 1. The number of anilines is 2. The van der Waals surface area contributed by atoms with E-state index in [2.05, 4.69) is 28.4 Å². The van der Waals surface area contributed by atoms with Crippen LogP contribution < -0.4 is 26.2 Å². The maximum atomic E-state index is 11.9. The molecule has 0 aliphatic rings. The lowest BCUT2D eigenvalue weighted by Crippen LogP contribution is -2.46. The van der Waals surface area contributed by atoms with Crippen molar-refractivity contribution in [3.63, 3.8) is 0 Å². The van der Waals surface area contributed by atoms with Gasteiger partial charge in [-0.15, -0.1) is 0 Å². The molecular weight excluding hydrogens is 336 g/mol. The first-order valence-electron chi connectivity index (χ1n) is 7.94. The maximum Gasteiger partial charge on any atom is 0.257 e. The van der Waals surface area contributed by atoms with Crippen molar-refractivity contribution in [2.75, 3.05) is 24.3 Å². The molecule has 0 aromatic heterocycles. The van der Waals surface area contributed by atoms with Crippen molar-refractivity contribution in [2.24, 2.45) is 0 Å². The molecule has 0 saturated heterocycles. The highest BCUT2D eigenvalue weighted by Gasteiger charge is 2.06. The summed E-state index contributed by atoms with van der Waals surface area (Å²) >= 11 is 5.20. The Morgan fingerprint density at radius 3 is 2.44 bits per heavy atom. The SMILES string of the molecule is CCc1ccccc1NC(=S)NNC(=O)CNc1ccccc1OC. The smallest absolute Gasteiger partial charge is 0.257 e. The molecule has 0 radical (unpaired) electrons. The van der Waals surface area contributed by atoms with E-state index in [1.165, 1.54) is 0 Å². The van der Waals surface area contributed by atoms with Crippen LogP contribution in [0, 0.1) is 0 Å². The predicted octanol–water partition coefficient (Wildman–Crippen LogP) is 2.69. The Hall–Kier alpha value is -2.80. The number of ether oxygens (including phenoxy) is 1. The highest BCUT2D eigenvalue weighted by atomic mass is 32.1. The average Bonchev–Trinajstić information content (AvgIpc) is 2.65. The number of nitrogens with one attached hydrogen (secondary N) is 4. The molecule has 0 heterocycles. The van der Waals surface area contributed by atoms with Crippen LogP contribution in [-0.4, -0.2) is 24.7 Å². The zero-order chi connectivity index (χ0) is 18.1. The van der Waals surface area contributed by atoms with Crippen LogP contribution in [0.15, 0.2) is 48.5 Å². The minimum atomic E-state index is -0.251.